The Morgan fingerprint density at radius 2 is 2.10 bits per heavy atom. The van der Waals surface area contributed by atoms with Gasteiger partial charge in [-0.25, -0.2) is 0 Å². The molecule has 100 valence electrons. The maximum absolute atomic E-state index is 9.07. The first-order chi connectivity index (χ1) is 9.76. The summed E-state index contributed by atoms with van der Waals surface area (Å²) >= 11 is 0. The van der Waals surface area contributed by atoms with Crippen LogP contribution in [0.5, 0.6) is 0 Å². The van der Waals surface area contributed by atoms with Crippen LogP contribution >= 0.6 is 0 Å². The van der Waals surface area contributed by atoms with Crippen LogP contribution in [0.3, 0.4) is 0 Å². The Morgan fingerprint density at radius 3 is 2.80 bits per heavy atom. The topological polar surface area (TPSA) is 68.3 Å². The van der Waals surface area contributed by atoms with Crippen LogP contribution in [0.25, 0.3) is 11.3 Å². The standard InChI is InChI=1S/C16H14N2O2/c1-19-13-7-4-8-14-15(13)10-5-2-3-6-11(10)16(20-14)12(18)9-17/h2-8,12,14H,18H2,1H3. The number of hydrogen-bond donors (Lipinski definition) is 1. The average molecular weight is 266 g/mol. The number of nitriles is 1. The summed E-state index contributed by atoms with van der Waals surface area (Å²) in [6.45, 7) is 0. The van der Waals surface area contributed by atoms with Gasteiger partial charge in [-0.05, 0) is 17.4 Å². The number of fused-ring (bicyclic) bond motifs is 2. The SMILES string of the molecule is COC1=CC=CC2OC(C(N)C#N)=c3ccccc3=C12. The fourth-order valence-corrected chi connectivity index (χ4v) is 2.56. The molecule has 0 spiro atoms. The van der Waals surface area contributed by atoms with E-state index in [1.54, 1.807) is 7.11 Å². The van der Waals surface area contributed by atoms with Crippen molar-refractivity contribution in [1.29, 1.82) is 5.26 Å². The molecule has 1 aromatic rings. The van der Waals surface area contributed by atoms with Crippen LogP contribution in [0.1, 0.15) is 0 Å². The summed E-state index contributed by atoms with van der Waals surface area (Å²) in [4.78, 5) is 0. The minimum Gasteiger partial charge on any atom is -0.496 e. The van der Waals surface area contributed by atoms with Gasteiger partial charge in [0.1, 0.15) is 17.6 Å². The maximum atomic E-state index is 9.07. The van der Waals surface area contributed by atoms with Gasteiger partial charge in [0.25, 0.3) is 0 Å². The Labute approximate surface area is 116 Å². The maximum Gasteiger partial charge on any atom is 0.151 e. The molecule has 2 aliphatic rings. The third-order valence-electron chi connectivity index (χ3n) is 3.46. The fraction of sp³-hybridized carbons (Fsp3) is 0.188. The number of nitrogens with zero attached hydrogens (tertiary/aromatic N) is 1. The van der Waals surface area contributed by atoms with E-state index in [9.17, 15) is 0 Å². The lowest BCUT2D eigenvalue weighted by molar-refractivity contribution is 0.226. The third kappa shape index (κ3) is 1.80. The number of methoxy groups -OCH3 is 1. The van der Waals surface area contributed by atoms with E-state index in [4.69, 9.17) is 20.5 Å². The van der Waals surface area contributed by atoms with Gasteiger partial charge in [-0.1, -0.05) is 30.3 Å². The number of rotatable bonds is 2. The highest BCUT2D eigenvalue weighted by atomic mass is 16.5. The molecule has 0 amide bonds. The zero-order valence-electron chi connectivity index (χ0n) is 11.0. The van der Waals surface area contributed by atoms with Gasteiger partial charge >= 0.3 is 0 Å². The highest BCUT2D eigenvalue weighted by Crippen LogP contribution is 2.27. The lowest BCUT2D eigenvalue weighted by Gasteiger charge is -2.28. The first-order valence-electron chi connectivity index (χ1n) is 6.34. The largest absolute Gasteiger partial charge is 0.496 e. The highest BCUT2D eigenvalue weighted by molar-refractivity contribution is 5.73. The molecule has 1 aliphatic carbocycles. The van der Waals surface area contributed by atoms with E-state index in [0.717, 1.165) is 21.8 Å². The lowest BCUT2D eigenvalue weighted by atomic mass is 9.95. The molecule has 4 heteroatoms. The Morgan fingerprint density at radius 1 is 1.35 bits per heavy atom. The van der Waals surface area contributed by atoms with Crippen molar-refractivity contribution < 1.29 is 9.47 Å². The van der Waals surface area contributed by atoms with Crippen LogP contribution in [0, 0.1) is 11.3 Å². The van der Waals surface area contributed by atoms with Crippen LogP contribution in [-0.4, -0.2) is 19.3 Å². The van der Waals surface area contributed by atoms with Gasteiger partial charge in [-0.15, -0.1) is 0 Å². The molecule has 2 unspecified atom stereocenters. The molecule has 1 heterocycles. The van der Waals surface area contributed by atoms with E-state index < -0.39 is 6.04 Å². The molecule has 2 N–H and O–H groups in total. The minimum atomic E-state index is -0.775. The van der Waals surface area contributed by atoms with Gasteiger partial charge in [0.05, 0.1) is 13.2 Å². The lowest BCUT2D eigenvalue weighted by Crippen LogP contribution is -2.43. The minimum absolute atomic E-state index is 0.265. The van der Waals surface area contributed by atoms with Gasteiger partial charge in [-0.2, -0.15) is 5.26 Å². The first-order valence-corrected chi connectivity index (χ1v) is 6.34. The van der Waals surface area contributed by atoms with Crippen molar-refractivity contribution >= 4 is 11.3 Å². The van der Waals surface area contributed by atoms with Crippen LogP contribution in [-0.2, 0) is 9.47 Å². The number of hydrogen-bond acceptors (Lipinski definition) is 4. The molecule has 0 saturated carbocycles. The molecule has 2 atom stereocenters. The van der Waals surface area contributed by atoms with Crippen LogP contribution in [0.2, 0.25) is 0 Å². The molecule has 0 fully saturated rings. The van der Waals surface area contributed by atoms with Crippen LogP contribution in [0.15, 0.2) is 48.3 Å². The molecule has 0 bridgehead atoms. The zero-order valence-corrected chi connectivity index (χ0v) is 11.0. The molecule has 3 rings (SSSR count). The summed E-state index contributed by atoms with van der Waals surface area (Å²) in [5.74, 6) is 1.29. The normalized spacial score (nSPS) is 21.1. The van der Waals surface area contributed by atoms with E-state index in [-0.39, 0.29) is 6.10 Å². The molecule has 1 aliphatic heterocycles. The Hall–Kier alpha value is -2.51. The molecular formula is C16H14N2O2. The first kappa shape index (κ1) is 12.5. The molecule has 0 aromatic heterocycles. The second kappa shape index (κ2) is 4.87. The highest BCUT2D eigenvalue weighted by Gasteiger charge is 2.28. The Balaban J connectivity index is 2.39. The summed E-state index contributed by atoms with van der Waals surface area (Å²) < 4.78 is 11.4. The molecule has 1 aromatic carbocycles. The smallest absolute Gasteiger partial charge is 0.151 e. The van der Waals surface area contributed by atoms with Gasteiger partial charge in [0.15, 0.2) is 6.04 Å². The van der Waals surface area contributed by atoms with Crippen molar-refractivity contribution in [2.45, 2.75) is 12.1 Å². The predicted octanol–water partition coefficient (Wildman–Crippen LogP) is 0.295. The van der Waals surface area contributed by atoms with Crippen LogP contribution < -0.4 is 16.2 Å². The van der Waals surface area contributed by atoms with E-state index >= 15 is 0 Å². The molecule has 0 radical (unpaired) electrons. The van der Waals surface area contributed by atoms with Crippen LogP contribution in [0.4, 0.5) is 0 Å². The molecule has 0 saturated heterocycles. The van der Waals surface area contributed by atoms with E-state index in [1.165, 1.54) is 0 Å². The molecule has 4 nitrogen and oxygen atoms in total. The van der Waals surface area contributed by atoms with Crippen molar-refractivity contribution in [1.82, 2.24) is 0 Å². The third-order valence-corrected chi connectivity index (χ3v) is 3.46. The van der Waals surface area contributed by atoms with Gasteiger partial charge < -0.3 is 15.2 Å². The summed E-state index contributed by atoms with van der Waals surface area (Å²) in [5.41, 5.74) is 6.82. The Bertz CT molecular complexity index is 768. The van der Waals surface area contributed by atoms with Crippen molar-refractivity contribution in [2.75, 3.05) is 7.11 Å². The second-order valence-electron chi connectivity index (χ2n) is 4.59. The van der Waals surface area contributed by atoms with Crippen molar-refractivity contribution in [3.05, 3.63) is 58.7 Å². The van der Waals surface area contributed by atoms with E-state index in [2.05, 4.69) is 0 Å². The summed E-state index contributed by atoms with van der Waals surface area (Å²) in [6, 6.07) is 9.03. The number of allylic oxidation sites excluding steroid dienone is 2. The van der Waals surface area contributed by atoms with E-state index in [0.29, 0.717) is 5.76 Å². The van der Waals surface area contributed by atoms with Crippen molar-refractivity contribution in [2.24, 2.45) is 5.73 Å². The fourth-order valence-electron chi connectivity index (χ4n) is 2.56. The zero-order chi connectivity index (χ0) is 14.1. The monoisotopic (exact) mass is 266 g/mol. The quantitative estimate of drug-likeness (QED) is 0.835. The summed E-state index contributed by atoms with van der Waals surface area (Å²) in [6.07, 6.45) is 5.45. The number of nitrogens with two attached hydrogens (primary N) is 1. The summed E-state index contributed by atoms with van der Waals surface area (Å²) in [5, 5.41) is 10.9. The van der Waals surface area contributed by atoms with E-state index in [1.807, 2.05) is 48.6 Å². The van der Waals surface area contributed by atoms with Crippen molar-refractivity contribution in [3.8, 4) is 6.07 Å². The Kier molecular flexibility index (Phi) is 3.05. The predicted molar refractivity (Wildman–Crippen MR) is 75.2 cm³/mol. The van der Waals surface area contributed by atoms with Gasteiger partial charge in [0, 0.05) is 10.8 Å². The van der Waals surface area contributed by atoms with Gasteiger partial charge in [-0.3, -0.25) is 0 Å². The molecule has 20 heavy (non-hydrogen) atoms. The number of ether oxygens (including phenoxy) is 2. The van der Waals surface area contributed by atoms with Crippen molar-refractivity contribution in [3.63, 3.8) is 0 Å². The number of benzene rings is 1. The second-order valence-corrected chi connectivity index (χ2v) is 4.59. The molecular weight excluding hydrogens is 252 g/mol. The average Bonchev–Trinajstić information content (AvgIpc) is 2.52. The summed E-state index contributed by atoms with van der Waals surface area (Å²) in [7, 11) is 1.64. The van der Waals surface area contributed by atoms with Gasteiger partial charge in [0.2, 0.25) is 0 Å².